The van der Waals surface area contributed by atoms with Gasteiger partial charge in [0.1, 0.15) is 5.82 Å². The summed E-state index contributed by atoms with van der Waals surface area (Å²) in [7, 11) is 1.97. The topological polar surface area (TPSA) is 28.2 Å². The van der Waals surface area contributed by atoms with Crippen LogP contribution in [0.3, 0.4) is 0 Å². The molecule has 0 radical (unpaired) electrons. The van der Waals surface area contributed by atoms with E-state index in [1.54, 1.807) is 0 Å². The molecule has 3 heteroatoms. The summed E-state index contributed by atoms with van der Waals surface area (Å²) in [4.78, 5) is 6.70. The number of fused-ring (bicyclic) bond motifs is 1. The van der Waals surface area contributed by atoms with E-state index in [4.69, 9.17) is 11.4 Å². The van der Waals surface area contributed by atoms with Crippen LogP contribution in [-0.4, -0.2) is 25.1 Å². The van der Waals surface area contributed by atoms with Crippen LogP contribution in [0.1, 0.15) is 19.4 Å². The third kappa shape index (κ3) is 3.96. The van der Waals surface area contributed by atoms with Crippen molar-refractivity contribution in [3.05, 3.63) is 35.9 Å². The van der Waals surface area contributed by atoms with Gasteiger partial charge in [0.2, 0.25) is 0 Å². The number of pyridine rings is 1. The second kappa shape index (κ2) is 7.10. The lowest BCUT2D eigenvalue weighted by Crippen LogP contribution is -2.21. The van der Waals surface area contributed by atoms with Crippen LogP contribution in [0.2, 0.25) is 0 Å². The van der Waals surface area contributed by atoms with Gasteiger partial charge in [-0.15, -0.1) is 6.42 Å². The molecule has 1 aromatic heterocycles. The zero-order chi connectivity index (χ0) is 15.2. The maximum Gasteiger partial charge on any atom is 0.130 e. The first kappa shape index (κ1) is 15.3. The maximum absolute atomic E-state index is 5.40. The van der Waals surface area contributed by atoms with Crippen LogP contribution in [0.4, 0.5) is 5.82 Å². The summed E-state index contributed by atoms with van der Waals surface area (Å²) in [6, 6.07) is 10.4. The fraction of sp³-hybridized carbons (Fsp3) is 0.389. The molecule has 0 spiro atoms. The molecule has 110 valence electrons. The Kier molecular flexibility index (Phi) is 5.19. The molecule has 0 saturated carbocycles. The zero-order valence-corrected chi connectivity index (χ0v) is 13.1. The van der Waals surface area contributed by atoms with E-state index in [0.29, 0.717) is 12.5 Å². The van der Waals surface area contributed by atoms with E-state index in [1.807, 2.05) is 18.0 Å². The summed E-state index contributed by atoms with van der Waals surface area (Å²) >= 11 is 0. The Hall–Kier alpha value is -2.05. The lowest BCUT2D eigenvalue weighted by Gasteiger charge is -2.18. The number of nitrogens with zero attached hydrogens (tertiary/aromatic N) is 2. The molecule has 0 fully saturated rings. The Balaban J connectivity index is 2.34. The third-order valence-electron chi connectivity index (χ3n) is 3.38. The van der Waals surface area contributed by atoms with E-state index in [1.165, 1.54) is 10.9 Å². The maximum atomic E-state index is 5.40. The number of benzene rings is 1. The highest BCUT2D eigenvalue weighted by atomic mass is 15.2. The Bertz CT molecular complexity index is 640. The lowest BCUT2D eigenvalue weighted by atomic mass is 10.1. The summed E-state index contributed by atoms with van der Waals surface area (Å²) < 4.78 is 0. The van der Waals surface area contributed by atoms with Crippen LogP contribution >= 0.6 is 0 Å². The molecule has 0 aliphatic heterocycles. The molecule has 1 heterocycles. The molecule has 2 rings (SSSR count). The third-order valence-corrected chi connectivity index (χ3v) is 3.38. The van der Waals surface area contributed by atoms with Gasteiger partial charge in [-0.25, -0.2) is 4.98 Å². The Morgan fingerprint density at radius 3 is 2.81 bits per heavy atom. The quantitative estimate of drug-likeness (QED) is 0.825. The summed E-state index contributed by atoms with van der Waals surface area (Å²) in [6.07, 6.45) is 5.40. The molecule has 0 bridgehead atoms. The average Bonchev–Trinajstić information content (AvgIpc) is 2.47. The molecule has 0 saturated heterocycles. The highest BCUT2D eigenvalue weighted by molar-refractivity contribution is 5.84. The van der Waals surface area contributed by atoms with Crippen molar-refractivity contribution in [3.8, 4) is 12.3 Å². The minimum absolute atomic E-state index is 0.560. The number of anilines is 1. The second-order valence-electron chi connectivity index (χ2n) is 5.74. The molecule has 0 amide bonds. The zero-order valence-electron chi connectivity index (χ0n) is 13.1. The molecular formula is C18H23N3. The minimum Gasteiger partial charge on any atom is -0.349 e. The predicted molar refractivity (Wildman–Crippen MR) is 90.4 cm³/mol. The van der Waals surface area contributed by atoms with Gasteiger partial charge in [0.15, 0.2) is 0 Å². The summed E-state index contributed by atoms with van der Waals surface area (Å²) in [6.45, 7) is 6.84. The van der Waals surface area contributed by atoms with Crippen LogP contribution in [-0.2, 0) is 6.54 Å². The van der Waals surface area contributed by atoms with Crippen molar-refractivity contribution in [2.75, 3.05) is 25.0 Å². The molecule has 1 aromatic carbocycles. The molecule has 0 atom stereocenters. The summed E-state index contributed by atoms with van der Waals surface area (Å²) in [5, 5.41) is 4.71. The number of hydrogen-bond acceptors (Lipinski definition) is 3. The molecule has 0 unspecified atom stereocenters. The fourth-order valence-electron chi connectivity index (χ4n) is 2.29. The number of rotatable bonds is 6. The first-order chi connectivity index (χ1) is 10.1. The Morgan fingerprint density at radius 2 is 2.10 bits per heavy atom. The van der Waals surface area contributed by atoms with Crippen LogP contribution in [0.5, 0.6) is 0 Å². The number of terminal acetylenes is 1. The normalized spacial score (nSPS) is 10.8. The highest BCUT2D eigenvalue weighted by Gasteiger charge is 2.08. The monoisotopic (exact) mass is 281 g/mol. The average molecular weight is 281 g/mol. The molecule has 0 aliphatic carbocycles. The number of para-hydroxylation sites is 1. The molecular weight excluding hydrogens is 258 g/mol. The van der Waals surface area contributed by atoms with Crippen molar-refractivity contribution in [1.29, 1.82) is 0 Å². The van der Waals surface area contributed by atoms with Crippen molar-refractivity contribution in [2.24, 2.45) is 5.92 Å². The second-order valence-corrected chi connectivity index (χ2v) is 5.74. The van der Waals surface area contributed by atoms with Crippen molar-refractivity contribution in [2.45, 2.75) is 20.4 Å². The molecule has 3 nitrogen and oxygen atoms in total. The van der Waals surface area contributed by atoms with Gasteiger partial charge in [-0.3, -0.25) is 0 Å². The van der Waals surface area contributed by atoms with E-state index in [-0.39, 0.29) is 0 Å². The van der Waals surface area contributed by atoms with E-state index in [2.05, 4.69) is 49.4 Å². The van der Waals surface area contributed by atoms with Gasteiger partial charge < -0.3 is 10.2 Å². The van der Waals surface area contributed by atoms with Crippen LogP contribution in [0, 0.1) is 18.3 Å². The van der Waals surface area contributed by atoms with Gasteiger partial charge in [-0.1, -0.05) is 38.0 Å². The Morgan fingerprint density at radius 1 is 1.33 bits per heavy atom. The van der Waals surface area contributed by atoms with Gasteiger partial charge in [-0.05, 0) is 30.2 Å². The van der Waals surface area contributed by atoms with Gasteiger partial charge in [-0.2, -0.15) is 0 Å². The van der Waals surface area contributed by atoms with Crippen molar-refractivity contribution < 1.29 is 0 Å². The smallest absolute Gasteiger partial charge is 0.130 e. The standard InChI is InChI=1S/C18H23N3/c1-5-10-21(4)18-11-15(13-19-12-14(2)3)16-8-6-7-9-17(16)20-18/h1,6-9,11,14,19H,10,12-13H2,2-4H3. The largest absolute Gasteiger partial charge is 0.349 e. The van der Waals surface area contributed by atoms with Crippen molar-refractivity contribution >= 4 is 16.7 Å². The van der Waals surface area contributed by atoms with E-state index in [9.17, 15) is 0 Å². The number of nitrogens with one attached hydrogen (secondary N) is 1. The molecule has 1 N–H and O–H groups in total. The van der Waals surface area contributed by atoms with E-state index in [0.717, 1.165) is 24.4 Å². The summed E-state index contributed by atoms with van der Waals surface area (Å²) in [5.41, 5.74) is 2.28. The van der Waals surface area contributed by atoms with Gasteiger partial charge >= 0.3 is 0 Å². The minimum atomic E-state index is 0.560. The number of aromatic nitrogens is 1. The number of hydrogen-bond donors (Lipinski definition) is 1. The Labute approximate surface area is 127 Å². The lowest BCUT2D eigenvalue weighted by molar-refractivity contribution is 0.553. The van der Waals surface area contributed by atoms with Crippen molar-refractivity contribution in [3.63, 3.8) is 0 Å². The molecule has 21 heavy (non-hydrogen) atoms. The predicted octanol–water partition coefficient (Wildman–Crippen LogP) is 3.05. The van der Waals surface area contributed by atoms with Crippen LogP contribution in [0.25, 0.3) is 10.9 Å². The first-order valence-corrected chi connectivity index (χ1v) is 7.35. The van der Waals surface area contributed by atoms with Crippen LogP contribution < -0.4 is 10.2 Å². The first-order valence-electron chi connectivity index (χ1n) is 7.35. The fourth-order valence-corrected chi connectivity index (χ4v) is 2.29. The highest BCUT2D eigenvalue weighted by Crippen LogP contribution is 2.22. The van der Waals surface area contributed by atoms with E-state index < -0.39 is 0 Å². The SMILES string of the molecule is C#CCN(C)c1cc(CNCC(C)C)c2ccccc2n1. The van der Waals surface area contributed by atoms with Gasteiger partial charge in [0.25, 0.3) is 0 Å². The van der Waals surface area contributed by atoms with E-state index >= 15 is 0 Å². The van der Waals surface area contributed by atoms with Gasteiger partial charge in [0, 0.05) is 19.0 Å². The summed E-state index contributed by atoms with van der Waals surface area (Å²) in [5.74, 6) is 4.23. The molecule has 2 aromatic rings. The van der Waals surface area contributed by atoms with Crippen LogP contribution in [0.15, 0.2) is 30.3 Å². The molecule has 0 aliphatic rings. The van der Waals surface area contributed by atoms with Gasteiger partial charge in [0.05, 0.1) is 12.1 Å². The van der Waals surface area contributed by atoms with Crippen molar-refractivity contribution in [1.82, 2.24) is 10.3 Å².